The van der Waals surface area contributed by atoms with Gasteiger partial charge in [0.2, 0.25) is 0 Å². The molecule has 0 unspecified atom stereocenters. The highest BCUT2D eigenvalue weighted by atomic mass is 16.6. The third-order valence-electron chi connectivity index (χ3n) is 4.07. The molecule has 152 valence electrons. The van der Waals surface area contributed by atoms with Gasteiger partial charge in [0.15, 0.2) is 0 Å². The van der Waals surface area contributed by atoms with Crippen molar-refractivity contribution in [1.29, 1.82) is 0 Å². The first-order valence-electron chi connectivity index (χ1n) is 8.90. The zero-order valence-electron chi connectivity index (χ0n) is 15.7. The van der Waals surface area contributed by atoms with Gasteiger partial charge in [0.05, 0.1) is 23.5 Å². The van der Waals surface area contributed by atoms with Crippen LogP contribution in [0.2, 0.25) is 0 Å². The number of hydrogen-bond donors (Lipinski definition) is 1. The van der Waals surface area contributed by atoms with Gasteiger partial charge in [-0.05, 0) is 34.8 Å². The Morgan fingerprint density at radius 1 is 1.17 bits per heavy atom. The summed E-state index contributed by atoms with van der Waals surface area (Å²) in [5.41, 5.74) is 1.25. The fraction of sp³-hybridized carbons (Fsp3) is 0.0952. The Morgan fingerprint density at radius 3 is 2.73 bits per heavy atom. The van der Waals surface area contributed by atoms with E-state index >= 15 is 0 Å². The number of nitro groups is 1. The van der Waals surface area contributed by atoms with Crippen molar-refractivity contribution in [3.63, 3.8) is 0 Å². The van der Waals surface area contributed by atoms with Crippen molar-refractivity contribution in [3.05, 3.63) is 87.4 Å². The molecule has 0 radical (unpaired) electrons. The molecule has 3 aromatic rings. The topological polar surface area (TPSA) is 130 Å². The highest BCUT2D eigenvalue weighted by Gasteiger charge is 2.16. The highest BCUT2D eigenvalue weighted by Crippen LogP contribution is 2.20. The number of hydrogen-bond acceptors (Lipinski definition) is 6. The molecular weight excluding hydrogens is 390 g/mol. The molecule has 0 saturated carbocycles. The molecular formula is C21H17N3O6. The highest BCUT2D eigenvalue weighted by molar-refractivity contribution is 5.68. The van der Waals surface area contributed by atoms with Gasteiger partial charge in [0, 0.05) is 18.2 Å². The van der Waals surface area contributed by atoms with Crippen molar-refractivity contribution in [2.75, 3.05) is 6.61 Å². The summed E-state index contributed by atoms with van der Waals surface area (Å²) in [6, 6.07) is 14.2. The number of rotatable bonds is 8. The van der Waals surface area contributed by atoms with Crippen LogP contribution >= 0.6 is 0 Å². The number of nitro benzene ring substituents is 1. The third kappa shape index (κ3) is 5.16. The van der Waals surface area contributed by atoms with E-state index in [4.69, 9.17) is 9.84 Å². The van der Waals surface area contributed by atoms with Crippen LogP contribution in [0, 0.1) is 15.3 Å². The molecule has 30 heavy (non-hydrogen) atoms. The zero-order valence-corrected chi connectivity index (χ0v) is 15.7. The molecule has 0 amide bonds. The molecule has 9 heteroatoms. The molecule has 0 aliphatic carbocycles. The standard InChI is InChI=1S/C21H17N3O6/c25-20(26)10-12-30-19-6-1-3-15(13-19)7-8-17-9-11-22-21(23(17)27)16-4-2-5-18(14-16)24(28)29/h1-9,11,13-14H,10,12H2,(H,25,26)/b8-7+. The summed E-state index contributed by atoms with van der Waals surface area (Å²) in [6.07, 6.45) is 4.64. The molecule has 0 spiro atoms. The molecule has 1 N–H and O–H groups in total. The summed E-state index contributed by atoms with van der Waals surface area (Å²) in [7, 11) is 0. The number of ether oxygens (including phenoxy) is 1. The smallest absolute Gasteiger partial charge is 0.333 e. The van der Waals surface area contributed by atoms with Gasteiger partial charge >= 0.3 is 11.8 Å². The van der Waals surface area contributed by atoms with E-state index in [1.807, 2.05) is 0 Å². The van der Waals surface area contributed by atoms with Crippen LogP contribution in [0.3, 0.4) is 0 Å². The summed E-state index contributed by atoms with van der Waals surface area (Å²) in [5.74, 6) is -0.379. The molecule has 9 nitrogen and oxygen atoms in total. The van der Waals surface area contributed by atoms with Gasteiger partial charge in [-0.2, -0.15) is 0 Å². The van der Waals surface area contributed by atoms with E-state index in [0.29, 0.717) is 21.7 Å². The maximum atomic E-state index is 12.7. The molecule has 0 atom stereocenters. The molecule has 0 aliphatic heterocycles. The Bertz CT molecular complexity index is 1110. The van der Waals surface area contributed by atoms with E-state index in [9.17, 15) is 20.1 Å². The maximum Gasteiger partial charge on any atom is 0.333 e. The molecule has 2 aromatic carbocycles. The second-order valence-corrected chi connectivity index (χ2v) is 6.19. The summed E-state index contributed by atoms with van der Waals surface area (Å²) < 4.78 is 5.99. The largest absolute Gasteiger partial charge is 0.710 e. The zero-order chi connectivity index (χ0) is 21.5. The van der Waals surface area contributed by atoms with Crippen LogP contribution in [-0.2, 0) is 4.79 Å². The van der Waals surface area contributed by atoms with Crippen molar-refractivity contribution in [2.45, 2.75) is 6.42 Å². The Balaban J connectivity index is 1.82. The first kappa shape index (κ1) is 20.5. The summed E-state index contributed by atoms with van der Waals surface area (Å²) in [5, 5.41) is 32.3. The lowest BCUT2D eigenvalue weighted by Gasteiger charge is -2.09. The van der Waals surface area contributed by atoms with Gasteiger partial charge in [0.25, 0.3) is 5.69 Å². The number of benzene rings is 2. The van der Waals surface area contributed by atoms with Gasteiger partial charge in [0.1, 0.15) is 17.6 Å². The van der Waals surface area contributed by atoms with Crippen LogP contribution in [-0.4, -0.2) is 27.6 Å². The number of non-ortho nitro benzene ring substituents is 1. The molecule has 0 bridgehead atoms. The van der Waals surface area contributed by atoms with Crippen molar-refractivity contribution in [1.82, 2.24) is 4.98 Å². The van der Waals surface area contributed by atoms with E-state index in [1.165, 1.54) is 30.5 Å². The molecule has 1 heterocycles. The SMILES string of the molecule is O=C(O)CCOc1cccc(/C=C/c2ccnc(-c3cccc([N+](=O)[O-])c3)[n+]2[O-])c1. The molecule has 1 aromatic heterocycles. The van der Waals surface area contributed by atoms with Crippen molar-refractivity contribution < 1.29 is 24.3 Å². The van der Waals surface area contributed by atoms with Crippen LogP contribution in [0.1, 0.15) is 17.7 Å². The quantitative estimate of drug-likeness (QED) is 0.262. The Hall–Kier alpha value is -4.27. The lowest BCUT2D eigenvalue weighted by atomic mass is 10.1. The monoisotopic (exact) mass is 407 g/mol. The number of carbonyl (C=O) groups is 1. The Kier molecular flexibility index (Phi) is 6.33. The first-order chi connectivity index (χ1) is 14.4. The van der Waals surface area contributed by atoms with Gasteiger partial charge < -0.3 is 15.1 Å². The minimum atomic E-state index is -0.941. The van der Waals surface area contributed by atoms with Crippen LogP contribution in [0.4, 0.5) is 5.69 Å². The molecule has 0 aliphatic rings. The number of nitrogens with zero attached hydrogens (tertiary/aromatic N) is 3. The van der Waals surface area contributed by atoms with E-state index in [1.54, 1.807) is 42.5 Å². The predicted octanol–water partition coefficient (Wildman–Crippen LogP) is 3.31. The second kappa shape index (κ2) is 9.28. The van der Waals surface area contributed by atoms with Crippen molar-refractivity contribution in [3.8, 4) is 17.1 Å². The number of aromatic nitrogens is 2. The number of aliphatic carboxylic acids is 1. The van der Waals surface area contributed by atoms with Crippen LogP contribution in [0.25, 0.3) is 23.5 Å². The lowest BCUT2D eigenvalue weighted by Crippen LogP contribution is -2.33. The van der Waals surface area contributed by atoms with Gasteiger partial charge in [-0.15, -0.1) is 0 Å². The van der Waals surface area contributed by atoms with Crippen molar-refractivity contribution in [2.24, 2.45) is 0 Å². The minimum Gasteiger partial charge on any atom is -0.710 e. The summed E-state index contributed by atoms with van der Waals surface area (Å²) >= 11 is 0. The minimum absolute atomic E-state index is 0.0478. The fourth-order valence-corrected chi connectivity index (χ4v) is 2.65. The molecule has 3 rings (SSSR count). The van der Waals surface area contributed by atoms with E-state index in [0.717, 1.165) is 5.56 Å². The number of carboxylic acids is 1. The van der Waals surface area contributed by atoms with Crippen LogP contribution in [0.5, 0.6) is 5.75 Å². The van der Waals surface area contributed by atoms with Crippen LogP contribution < -0.4 is 9.47 Å². The van der Waals surface area contributed by atoms with Gasteiger partial charge in [-0.3, -0.25) is 14.9 Å². The fourth-order valence-electron chi connectivity index (χ4n) is 2.65. The third-order valence-corrected chi connectivity index (χ3v) is 4.07. The average Bonchev–Trinajstić information content (AvgIpc) is 2.73. The van der Waals surface area contributed by atoms with E-state index in [2.05, 4.69) is 4.98 Å². The predicted molar refractivity (Wildman–Crippen MR) is 108 cm³/mol. The Labute approximate surface area is 171 Å². The summed E-state index contributed by atoms with van der Waals surface area (Å²) in [4.78, 5) is 25.1. The number of carboxylic acid groups (broad SMARTS) is 1. The molecule has 0 saturated heterocycles. The van der Waals surface area contributed by atoms with E-state index in [-0.39, 0.29) is 24.5 Å². The lowest BCUT2D eigenvalue weighted by molar-refractivity contribution is -0.598. The first-order valence-corrected chi connectivity index (χ1v) is 8.90. The normalized spacial score (nSPS) is 10.8. The van der Waals surface area contributed by atoms with E-state index < -0.39 is 10.9 Å². The van der Waals surface area contributed by atoms with Crippen molar-refractivity contribution >= 4 is 23.8 Å². The average molecular weight is 407 g/mol. The summed E-state index contributed by atoms with van der Waals surface area (Å²) in [6.45, 7) is 0.0555. The molecule has 0 fully saturated rings. The van der Waals surface area contributed by atoms with Gasteiger partial charge in [-0.1, -0.05) is 24.3 Å². The van der Waals surface area contributed by atoms with Crippen LogP contribution in [0.15, 0.2) is 60.8 Å². The van der Waals surface area contributed by atoms with Gasteiger partial charge in [-0.25, -0.2) is 4.73 Å². The second-order valence-electron chi connectivity index (χ2n) is 6.19. The Morgan fingerprint density at radius 2 is 1.97 bits per heavy atom. The maximum absolute atomic E-state index is 12.7.